The smallest absolute Gasteiger partial charge is 0.327 e. The zero-order valence-corrected chi connectivity index (χ0v) is 10.5. The maximum Gasteiger partial charge on any atom is 0.327 e. The van der Waals surface area contributed by atoms with Crippen LogP contribution in [-0.4, -0.2) is 24.3 Å². The number of carboxylic acids is 1. The molecular formula is C15H20O3. The molecule has 1 aromatic carbocycles. The summed E-state index contributed by atoms with van der Waals surface area (Å²) in [5.74, 6) is -0.981. The van der Waals surface area contributed by atoms with Crippen molar-refractivity contribution < 1.29 is 14.6 Å². The molecule has 1 heterocycles. The van der Waals surface area contributed by atoms with Crippen LogP contribution >= 0.6 is 0 Å². The van der Waals surface area contributed by atoms with Gasteiger partial charge in [0.15, 0.2) is 0 Å². The second kappa shape index (κ2) is 11.6. The number of hydrogen-bond donors (Lipinski definition) is 1. The second-order valence-corrected chi connectivity index (χ2v) is 3.48. The molecule has 0 spiro atoms. The fourth-order valence-electron chi connectivity index (χ4n) is 1.10. The molecular weight excluding hydrogens is 228 g/mol. The van der Waals surface area contributed by atoms with Crippen LogP contribution in [0.25, 0.3) is 6.08 Å². The van der Waals surface area contributed by atoms with Crippen molar-refractivity contribution in [3.63, 3.8) is 0 Å². The molecule has 1 saturated heterocycles. The normalized spacial score (nSPS) is 12.2. The lowest BCUT2D eigenvalue weighted by Gasteiger charge is -1.85. The summed E-state index contributed by atoms with van der Waals surface area (Å²) in [6, 6.07) is 10.0. The van der Waals surface area contributed by atoms with Gasteiger partial charge in [0, 0.05) is 19.3 Å². The van der Waals surface area contributed by atoms with Gasteiger partial charge in [-0.15, -0.1) is 0 Å². The van der Waals surface area contributed by atoms with Gasteiger partial charge in [0.05, 0.1) is 0 Å². The predicted molar refractivity (Wildman–Crippen MR) is 74.4 cm³/mol. The number of rotatable bonds is 2. The van der Waals surface area contributed by atoms with Gasteiger partial charge in [0.25, 0.3) is 0 Å². The zero-order chi connectivity index (χ0) is 13.6. The van der Waals surface area contributed by atoms with Crippen LogP contribution in [0, 0.1) is 0 Å². The molecule has 1 N–H and O–H groups in total. The van der Waals surface area contributed by atoms with E-state index in [4.69, 9.17) is 9.84 Å². The first kappa shape index (κ1) is 16.1. The summed E-state index contributed by atoms with van der Waals surface area (Å²) >= 11 is 0. The topological polar surface area (TPSA) is 46.5 Å². The van der Waals surface area contributed by atoms with Crippen molar-refractivity contribution in [2.24, 2.45) is 0 Å². The largest absolute Gasteiger partial charge is 0.478 e. The van der Waals surface area contributed by atoms with E-state index in [1.165, 1.54) is 18.4 Å². The Labute approximate surface area is 108 Å². The average molecular weight is 248 g/mol. The molecule has 0 radical (unpaired) electrons. The molecule has 0 saturated carbocycles. The minimum absolute atomic E-state index is 0.833. The molecule has 1 aliphatic heterocycles. The highest BCUT2D eigenvalue weighted by atomic mass is 16.5. The van der Waals surface area contributed by atoms with Gasteiger partial charge in [-0.1, -0.05) is 49.6 Å². The molecule has 1 fully saturated rings. The van der Waals surface area contributed by atoms with Crippen molar-refractivity contribution in [3.8, 4) is 0 Å². The Hall–Kier alpha value is -1.87. The van der Waals surface area contributed by atoms with Crippen molar-refractivity contribution in [3.05, 3.63) is 55.1 Å². The highest BCUT2D eigenvalue weighted by Gasteiger charge is 1.94. The summed E-state index contributed by atoms with van der Waals surface area (Å²) in [5.41, 5.74) is 1.17. The van der Waals surface area contributed by atoms with Crippen LogP contribution < -0.4 is 0 Å². The summed E-state index contributed by atoms with van der Waals surface area (Å²) < 4.78 is 4.94. The van der Waals surface area contributed by atoms with Crippen LogP contribution in [0.3, 0.4) is 0 Å². The SMILES string of the molecule is C1CCOC1.C=CC(=O)O.C=Cc1ccccc1. The molecule has 0 amide bonds. The van der Waals surface area contributed by atoms with Crippen LogP contribution in [0.2, 0.25) is 0 Å². The van der Waals surface area contributed by atoms with Crippen LogP contribution in [0.15, 0.2) is 49.6 Å². The fraction of sp³-hybridized carbons (Fsp3) is 0.267. The zero-order valence-electron chi connectivity index (χ0n) is 10.5. The summed E-state index contributed by atoms with van der Waals surface area (Å²) in [7, 11) is 0. The number of carbonyl (C=O) groups is 1. The van der Waals surface area contributed by atoms with Gasteiger partial charge in [-0.05, 0) is 18.4 Å². The monoisotopic (exact) mass is 248 g/mol. The van der Waals surface area contributed by atoms with E-state index in [1.54, 1.807) is 0 Å². The Morgan fingerprint density at radius 1 is 1.17 bits per heavy atom. The standard InChI is InChI=1S/C8H8.C4H8O.C3H4O2/c1-2-8-6-4-3-5-7-8;1-2-4-5-3-1;1-2-3(4)5/h2-7H,1H2;1-4H2;2H,1H2,(H,4,5). The first-order valence-corrected chi connectivity index (χ1v) is 5.81. The van der Waals surface area contributed by atoms with Crippen LogP contribution in [-0.2, 0) is 9.53 Å². The van der Waals surface area contributed by atoms with E-state index < -0.39 is 5.97 Å². The van der Waals surface area contributed by atoms with E-state index in [0.717, 1.165) is 19.3 Å². The van der Waals surface area contributed by atoms with Crippen molar-refractivity contribution in [2.45, 2.75) is 12.8 Å². The Morgan fingerprint density at radius 2 is 1.67 bits per heavy atom. The van der Waals surface area contributed by atoms with Crippen molar-refractivity contribution >= 4 is 12.0 Å². The molecule has 0 atom stereocenters. The maximum atomic E-state index is 9.25. The molecule has 0 aromatic heterocycles. The number of carboxylic acid groups (broad SMARTS) is 1. The van der Waals surface area contributed by atoms with E-state index in [1.807, 2.05) is 36.4 Å². The first-order chi connectivity index (χ1) is 8.70. The van der Waals surface area contributed by atoms with Crippen molar-refractivity contribution in [1.82, 2.24) is 0 Å². The third-order valence-electron chi connectivity index (χ3n) is 2.04. The minimum atomic E-state index is -0.981. The first-order valence-electron chi connectivity index (χ1n) is 5.81. The van der Waals surface area contributed by atoms with Crippen molar-refractivity contribution in [1.29, 1.82) is 0 Å². The van der Waals surface area contributed by atoms with E-state index in [0.29, 0.717) is 0 Å². The highest BCUT2D eigenvalue weighted by Crippen LogP contribution is 1.98. The number of hydrogen-bond acceptors (Lipinski definition) is 2. The number of benzene rings is 1. The van der Waals surface area contributed by atoms with Gasteiger partial charge in [-0.25, -0.2) is 4.79 Å². The van der Waals surface area contributed by atoms with Crippen molar-refractivity contribution in [2.75, 3.05) is 13.2 Å². The Balaban J connectivity index is 0.000000254. The molecule has 1 aliphatic rings. The molecule has 2 rings (SSSR count). The molecule has 1 aromatic rings. The third kappa shape index (κ3) is 10.6. The molecule has 3 heteroatoms. The lowest BCUT2D eigenvalue weighted by atomic mass is 10.2. The fourth-order valence-corrected chi connectivity index (χ4v) is 1.10. The summed E-state index contributed by atoms with van der Waals surface area (Å²) in [6.45, 7) is 8.59. The minimum Gasteiger partial charge on any atom is -0.478 e. The van der Waals surface area contributed by atoms with E-state index >= 15 is 0 Å². The van der Waals surface area contributed by atoms with Crippen LogP contribution in [0.1, 0.15) is 18.4 Å². The van der Waals surface area contributed by atoms with Gasteiger partial charge in [0.1, 0.15) is 0 Å². The van der Waals surface area contributed by atoms with Gasteiger partial charge in [-0.3, -0.25) is 0 Å². The lowest BCUT2D eigenvalue weighted by molar-refractivity contribution is -0.131. The summed E-state index contributed by atoms with van der Waals surface area (Å²) in [6.07, 6.45) is 5.22. The Bertz CT molecular complexity index is 332. The van der Waals surface area contributed by atoms with Crippen LogP contribution in [0.4, 0.5) is 0 Å². The highest BCUT2D eigenvalue weighted by molar-refractivity contribution is 5.78. The molecule has 0 unspecified atom stereocenters. The second-order valence-electron chi connectivity index (χ2n) is 3.48. The van der Waals surface area contributed by atoms with E-state index in [2.05, 4.69) is 13.2 Å². The molecule has 0 aliphatic carbocycles. The van der Waals surface area contributed by atoms with E-state index in [-0.39, 0.29) is 0 Å². The Kier molecular flexibility index (Phi) is 10.4. The molecule has 18 heavy (non-hydrogen) atoms. The number of aliphatic carboxylic acids is 1. The molecule has 98 valence electrons. The van der Waals surface area contributed by atoms with Gasteiger partial charge < -0.3 is 9.84 Å². The maximum absolute atomic E-state index is 9.25. The predicted octanol–water partition coefficient (Wildman–Crippen LogP) is 3.38. The van der Waals surface area contributed by atoms with Crippen LogP contribution in [0.5, 0.6) is 0 Å². The summed E-state index contributed by atoms with van der Waals surface area (Å²) in [4.78, 5) is 9.25. The Morgan fingerprint density at radius 3 is 1.89 bits per heavy atom. The van der Waals surface area contributed by atoms with Gasteiger partial charge in [0.2, 0.25) is 0 Å². The number of ether oxygens (including phenoxy) is 1. The van der Waals surface area contributed by atoms with Gasteiger partial charge in [-0.2, -0.15) is 0 Å². The summed E-state index contributed by atoms with van der Waals surface area (Å²) in [5, 5.41) is 7.60. The van der Waals surface area contributed by atoms with Gasteiger partial charge >= 0.3 is 5.97 Å². The van der Waals surface area contributed by atoms with E-state index in [9.17, 15) is 4.79 Å². The third-order valence-corrected chi connectivity index (χ3v) is 2.04. The molecule has 0 bridgehead atoms. The lowest BCUT2D eigenvalue weighted by Crippen LogP contribution is -1.82. The average Bonchev–Trinajstić information content (AvgIpc) is 2.99. The quantitative estimate of drug-likeness (QED) is 0.816. The molecule has 3 nitrogen and oxygen atoms in total.